The topological polar surface area (TPSA) is 55.1 Å². The largest absolute Gasteiger partial charge is 0.356 e. The van der Waals surface area contributed by atoms with Crippen LogP contribution in [0.4, 0.5) is 0 Å². The van der Waals surface area contributed by atoms with Crippen LogP contribution in [0.1, 0.15) is 51.9 Å². The van der Waals surface area contributed by atoms with Crippen LogP contribution < -0.4 is 11.1 Å². The van der Waals surface area contributed by atoms with Gasteiger partial charge in [-0.05, 0) is 50.2 Å². The summed E-state index contributed by atoms with van der Waals surface area (Å²) >= 11 is 1.90. The van der Waals surface area contributed by atoms with E-state index in [1.165, 1.54) is 25.0 Å². The standard InChI is InChI=1S/C14H30N2OS/c1-13(9-10-15)7-8-14(17)16-11-5-3-4-6-12-18-2/h13H,3-12,15H2,1-2H3,(H,16,17). The molecule has 0 aromatic heterocycles. The first kappa shape index (κ1) is 17.8. The summed E-state index contributed by atoms with van der Waals surface area (Å²) in [6.45, 7) is 3.72. The molecule has 1 unspecified atom stereocenters. The minimum atomic E-state index is 0.197. The summed E-state index contributed by atoms with van der Waals surface area (Å²) in [5, 5.41) is 3.00. The van der Waals surface area contributed by atoms with Gasteiger partial charge in [-0.2, -0.15) is 11.8 Å². The average Bonchev–Trinajstić information content (AvgIpc) is 2.35. The Kier molecular flexibility index (Phi) is 13.1. The quantitative estimate of drug-likeness (QED) is 0.538. The lowest BCUT2D eigenvalue weighted by atomic mass is 10.0. The fourth-order valence-electron chi connectivity index (χ4n) is 1.85. The number of thioether (sulfide) groups is 1. The van der Waals surface area contributed by atoms with Gasteiger partial charge < -0.3 is 11.1 Å². The molecule has 0 spiro atoms. The van der Waals surface area contributed by atoms with Crippen molar-refractivity contribution in [2.24, 2.45) is 11.7 Å². The number of unbranched alkanes of at least 4 members (excludes halogenated alkanes) is 3. The van der Waals surface area contributed by atoms with Crippen molar-refractivity contribution in [3.8, 4) is 0 Å². The number of hydrogen-bond donors (Lipinski definition) is 2. The molecule has 18 heavy (non-hydrogen) atoms. The lowest BCUT2D eigenvalue weighted by Gasteiger charge is -2.09. The molecule has 1 amide bonds. The third-order valence-corrected chi connectivity index (χ3v) is 3.82. The molecule has 0 fully saturated rings. The summed E-state index contributed by atoms with van der Waals surface area (Å²) in [6.07, 6.45) is 9.68. The molecule has 0 saturated carbocycles. The Morgan fingerprint density at radius 1 is 1.22 bits per heavy atom. The maximum absolute atomic E-state index is 11.5. The Morgan fingerprint density at radius 3 is 2.61 bits per heavy atom. The maximum Gasteiger partial charge on any atom is 0.220 e. The molecule has 0 radical (unpaired) electrons. The van der Waals surface area contributed by atoms with Gasteiger partial charge in [0.2, 0.25) is 5.91 Å². The highest BCUT2D eigenvalue weighted by Gasteiger charge is 2.05. The molecule has 108 valence electrons. The summed E-state index contributed by atoms with van der Waals surface area (Å²) in [4.78, 5) is 11.5. The zero-order valence-electron chi connectivity index (χ0n) is 12.0. The zero-order chi connectivity index (χ0) is 13.6. The van der Waals surface area contributed by atoms with Gasteiger partial charge in [-0.3, -0.25) is 4.79 Å². The number of nitrogens with one attached hydrogen (secondary N) is 1. The van der Waals surface area contributed by atoms with Crippen LogP contribution in [0, 0.1) is 5.92 Å². The number of rotatable bonds is 12. The molecule has 0 heterocycles. The van der Waals surface area contributed by atoms with E-state index in [9.17, 15) is 4.79 Å². The van der Waals surface area contributed by atoms with E-state index < -0.39 is 0 Å². The van der Waals surface area contributed by atoms with Crippen LogP contribution in [0.15, 0.2) is 0 Å². The minimum Gasteiger partial charge on any atom is -0.356 e. The molecular formula is C14H30N2OS. The molecule has 0 aliphatic carbocycles. The lowest BCUT2D eigenvalue weighted by molar-refractivity contribution is -0.121. The molecule has 4 heteroatoms. The molecule has 0 saturated heterocycles. The highest BCUT2D eigenvalue weighted by molar-refractivity contribution is 7.98. The molecule has 3 nitrogen and oxygen atoms in total. The normalized spacial score (nSPS) is 12.4. The van der Waals surface area contributed by atoms with Crippen LogP contribution in [0.5, 0.6) is 0 Å². The van der Waals surface area contributed by atoms with Gasteiger partial charge in [0.25, 0.3) is 0 Å². The summed E-state index contributed by atoms with van der Waals surface area (Å²) in [7, 11) is 0. The van der Waals surface area contributed by atoms with Crippen molar-refractivity contribution < 1.29 is 4.79 Å². The molecule has 1 atom stereocenters. The Morgan fingerprint density at radius 2 is 1.94 bits per heavy atom. The van der Waals surface area contributed by atoms with Crippen molar-refractivity contribution in [2.45, 2.75) is 51.9 Å². The predicted octanol–water partition coefficient (Wildman–Crippen LogP) is 2.79. The number of hydrogen-bond acceptors (Lipinski definition) is 3. The van der Waals surface area contributed by atoms with Crippen molar-refractivity contribution in [1.82, 2.24) is 5.32 Å². The van der Waals surface area contributed by atoms with Crippen LogP contribution in [-0.4, -0.2) is 31.0 Å². The second-order valence-corrected chi connectivity index (χ2v) is 5.96. The van der Waals surface area contributed by atoms with Gasteiger partial charge in [-0.15, -0.1) is 0 Å². The second kappa shape index (κ2) is 13.2. The highest BCUT2D eigenvalue weighted by Crippen LogP contribution is 2.08. The number of nitrogens with two attached hydrogens (primary N) is 1. The Bertz CT molecular complexity index is 200. The van der Waals surface area contributed by atoms with Crippen molar-refractivity contribution in [3.05, 3.63) is 0 Å². The fraction of sp³-hybridized carbons (Fsp3) is 0.929. The Hall–Kier alpha value is -0.220. The van der Waals surface area contributed by atoms with E-state index in [1.807, 2.05) is 11.8 Å². The van der Waals surface area contributed by atoms with E-state index in [1.54, 1.807) is 0 Å². The summed E-state index contributed by atoms with van der Waals surface area (Å²) in [6, 6.07) is 0. The third kappa shape index (κ3) is 12.2. The maximum atomic E-state index is 11.5. The average molecular weight is 274 g/mol. The minimum absolute atomic E-state index is 0.197. The predicted molar refractivity (Wildman–Crippen MR) is 81.9 cm³/mol. The van der Waals surface area contributed by atoms with Gasteiger partial charge in [0.15, 0.2) is 0 Å². The first-order valence-electron chi connectivity index (χ1n) is 7.16. The van der Waals surface area contributed by atoms with E-state index in [2.05, 4.69) is 18.5 Å². The monoisotopic (exact) mass is 274 g/mol. The highest BCUT2D eigenvalue weighted by atomic mass is 32.2. The second-order valence-electron chi connectivity index (χ2n) is 4.98. The molecule has 0 bridgehead atoms. The zero-order valence-corrected chi connectivity index (χ0v) is 12.9. The Labute approximate surface area is 117 Å². The van der Waals surface area contributed by atoms with Crippen molar-refractivity contribution in [2.75, 3.05) is 25.1 Å². The smallest absolute Gasteiger partial charge is 0.220 e. The van der Waals surface area contributed by atoms with Gasteiger partial charge in [0, 0.05) is 13.0 Å². The van der Waals surface area contributed by atoms with E-state index >= 15 is 0 Å². The SMILES string of the molecule is CSCCCCCCNC(=O)CCC(C)CCN. The Balaban J connectivity index is 3.26. The number of carbonyl (C=O) groups is 1. The molecule has 0 aromatic carbocycles. The fourth-order valence-corrected chi connectivity index (χ4v) is 2.34. The van der Waals surface area contributed by atoms with Crippen LogP contribution in [0.2, 0.25) is 0 Å². The van der Waals surface area contributed by atoms with Crippen molar-refractivity contribution in [3.63, 3.8) is 0 Å². The van der Waals surface area contributed by atoms with Gasteiger partial charge in [0.1, 0.15) is 0 Å². The van der Waals surface area contributed by atoms with Crippen LogP contribution in [0.25, 0.3) is 0 Å². The first-order chi connectivity index (χ1) is 8.70. The third-order valence-electron chi connectivity index (χ3n) is 3.12. The van der Waals surface area contributed by atoms with Gasteiger partial charge in [-0.1, -0.05) is 19.8 Å². The molecule has 0 aliphatic rings. The molecule has 0 aromatic rings. The van der Waals surface area contributed by atoms with Crippen molar-refractivity contribution >= 4 is 17.7 Å². The van der Waals surface area contributed by atoms with E-state index in [-0.39, 0.29) is 5.91 Å². The van der Waals surface area contributed by atoms with E-state index in [0.717, 1.165) is 32.4 Å². The van der Waals surface area contributed by atoms with Crippen LogP contribution in [0.3, 0.4) is 0 Å². The first-order valence-corrected chi connectivity index (χ1v) is 8.55. The summed E-state index contributed by atoms with van der Waals surface area (Å²) in [5.41, 5.74) is 5.48. The van der Waals surface area contributed by atoms with E-state index in [4.69, 9.17) is 5.73 Å². The number of amides is 1. The van der Waals surface area contributed by atoms with Crippen molar-refractivity contribution in [1.29, 1.82) is 0 Å². The molecular weight excluding hydrogens is 244 g/mol. The van der Waals surface area contributed by atoms with Gasteiger partial charge in [0.05, 0.1) is 0 Å². The molecule has 0 aliphatic heterocycles. The molecule has 3 N–H and O–H groups in total. The van der Waals surface area contributed by atoms with Crippen LogP contribution in [-0.2, 0) is 4.79 Å². The summed E-state index contributed by atoms with van der Waals surface area (Å²) < 4.78 is 0. The molecule has 0 rings (SSSR count). The number of carbonyl (C=O) groups excluding carboxylic acids is 1. The van der Waals surface area contributed by atoms with E-state index in [0.29, 0.717) is 12.3 Å². The van der Waals surface area contributed by atoms with Crippen LogP contribution >= 0.6 is 11.8 Å². The van der Waals surface area contributed by atoms with Gasteiger partial charge >= 0.3 is 0 Å². The summed E-state index contributed by atoms with van der Waals surface area (Å²) in [5.74, 6) is 2.01. The van der Waals surface area contributed by atoms with Gasteiger partial charge in [-0.25, -0.2) is 0 Å². The lowest BCUT2D eigenvalue weighted by Crippen LogP contribution is -2.24.